The van der Waals surface area contributed by atoms with E-state index in [1.807, 2.05) is 37.4 Å². The van der Waals surface area contributed by atoms with Crippen LogP contribution in [0.5, 0.6) is 5.75 Å². The summed E-state index contributed by atoms with van der Waals surface area (Å²) in [4.78, 5) is 8.41. The van der Waals surface area contributed by atoms with Gasteiger partial charge in [0.15, 0.2) is 0 Å². The molecule has 0 aliphatic rings. The highest BCUT2D eigenvalue weighted by molar-refractivity contribution is 5.72. The molecule has 0 amide bonds. The summed E-state index contributed by atoms with van der Waals surface area (Å²) in [6, 6.07) is 9.75. The van der Waals surface area contributed by atoms with Crippen LogP contribution in [0.3, 0.4) is 0 Å². The van der Waals surface area contributed by atoms with Crippen LogP contribution < -0.4 is 10.1 Å². The monoisotopic (exact) mass is 296 g/mol. The van der Waals surface area contributed by atoms with E-state index in [1.54, 1.807) is 19.5 Å². The number of benzene rings is 1. The number of aromatic nitrogens is 3. The van der Waals surface area contributed by atoms with Crippen molar-refractivity contribution in [1.82, 2.24) is 20.4 Å². The van der Waals surface area contributed by atoms with Crippen molar-refractivity contribution in [2.45, 2.75) is 6.54 Å². The second kappa shape index (κ2) is 6.36. The minimum Gasteiger partial charge on any atom is -0.497 e. The highest BCUT2D eigenvalue weighted by atomic mass is 16.5. The van der Waals surface area contributed by atoms with E-state index in [9.17, 15) is 0 Å². The second-order valence-corrected chi connectivity index (χ2v) is 4.73. The maximum Gasteiger partial charge on any atom is 0.240 e. The van der Waals surface area contributed by atoms with Crippen molar-refractivity contribution in [3.05, 3.63) is 48.6 Å². The van der Waals surface area contributed by atoms with Crippen molar-refractivity contribution in [2.75, 3.05) is 14.2 Å². The van der Waals surface area contributed by atoms with Crippen molar-refractivity contribution < 1.29 is 9.26 Å². The van der Waals surface area contributed by atoms with Crippen LogP contribution in [0, 0.1) is 0 Å². The largest absolute Gasteiger partial charge is 0.497 e. The van der Waals surface area contributed by atoms with Gasteiger partial charge in [-0.2, -0.15) is 4.98 Å². The summed E-state index contributed by atoms with van der Waals surface area (Å²) in [5, 5.41) is 7.00. The summed E-state index contributed by atoms with van der Waals surface area (Å²) in [7, 11) is 3.47. The average molecular weight is 296 g/mol. The van der Waals surface area contributed by atoms with Crippen molar-refractivity contribution in [2.24, 2.45) is 0 Å². The zero-order valence-corrected chi connectivity index (χ0v) is 12.4. The molecule has 0 aliphatic carbocycles. The molecule has 1 N–H and O–H groups in total. The number of hydrogen-bond acceptors (Lipinski definition) is 6. The van der Waals surface area contributed by atoms with E-state index in [2.05, 4.69) is 20.4 Å². The van der Waals surface area contributed by atoms with Gasteiger partial charge in [-0.05, 0) is 48.5 Å². The van der Waals surface area contributed by atoms with Crippen molar-refractivity contribution in [1.29, 1.82) is 0 Å². The number of pyridine rings is 1. The molecule has 112 valence electrons. The molecule has 0 radical (unpaired) electrons. The number of ether oxygens (including phenoxy) is 1. The Kier molecular flexibility index (Phi) is 4.11. The van der Waals surface area contributed by atoms with Crippen molar-refractivity contribution >= 4 is 0 Å². The number of rotatable bonds is 5. The molecule has 0 saturated heterocycles. The Morgan fingerprint density at radius 3 is 2.59 bits per heavy atom. The van der Waals surface area contributed by atoms with Gasteiger partial charge in [0.25, 0.3) is 0 Å². The minimum absolute atomic E-state index is 0.536. The van der Waals surface area contributed by atoms with Gasteiger partial charge in [-0.3, -0.25) is 4.98 Å². The van der Waals surface area contributed by atoms with Gasteiger partial charge < -0.3 is 14.6 Å². The lowest BCUT2D eigenvalue weighted by Gasteiger charge is -2.07. The van der Waals surface area contributed by atoms with Gasteiger partial charge in [0, 0.05) is 18.0 Å². The van der Waals surface area contributed by atoms with Gasteiger partial charge in [0.05, 0.1) is 13.7 Å². The third-order valence-corrected chi connectivity index (χ3v) is 3.21. The maximum absolute atomic E-state index is 5.38. The van der Waals surface area contributed by atoms with E-state index >= 15 is 0 Å². The Hall–Kier alpha value is -2.73. The topological polar surface area (TPSA) is 73.1 Å². The summed E-state index contributed by atoms with van der Waals surface area (Å²) in [5.41, 5.74) is 2.91. The van der Waals surface area contributed by atoms with Gasteiger partial charge in [0.2, 0.25) is 11.7 Å². The van der Waals surface area contributed by atoms with Crippen LogP contribution >= 0.6 is 0 Å². The predicted molar refractivity (Wildman–Crippen MR) is 82.3 cm³/mol. The predicted octanol–water partition coefficient (Wildman–Crippen LogP) is 2.53. The van der Waals surface area contributed by atoms with Crippen molar-refractivity contribution in [3.8, 4) is 28.3 Å². The molecule has 0 aliphatic heterocycles. The van der Waals surface area contributed by atoms with Crippen LogP contribution in [0.4, 0.5) is 0 Å². The first-order valence-corrected chi connectivity index (χ1v) is 6.87. The van der Waals surface area contributed by atoms with Crippen LogP contribution in [0.25, 0.3) is 22.5 Å². The molecule has 6 nitrogen and oxygen atoms in total. The molecule has 0 spiro atoms. The van der Waals surface area contributed by atoms with Crippen LogP contribution in [0.2, 0.25) is 0 Å². The Labute approximate surface area is 128 Å². The average Bonchev–Trinajstić information content (AvgIpc) is 3.04. The summed E-state index contributed by atoms with van der Waals surface area (Å²) in [5.74, 6) is 1.83. The van der Waals surface area contributed by atoms with Gasteiger partial charge in [-0.1, -0.05) is 5.16 Å². The number of nitrogens with zero attached hydrogens (tertiary/aromatic N) is 3. The van der Waals surface area contributed by atoms with E-state index in [4.69, 9.17) is 9.26 Å². The summed E-state index contributed by atoms with van der Waals surface area (Å²) in [6.07, 6.45) is 3.52. The molecule has 1 aromatic carbocycles. The third kappa shape index (κ3) is 2.96. The smallest absolute Gasteiger partial charge is 0.240 e. The molecule has 22 heavy (non-hydrogen) atoms. The van der Waals surface area contributed by atoms with E-state index in [0.717, 1.165) is 22.4 Å². The lowest BCUT2D eigenvalue weighted by Crippen LogP contribution is -2.04. The standard InChI is InChI=1S/C16H16N4O2/c1-17-10-15-19-16(20-22-15)13-7-12(8-14(9-13)21-2)11-3-5-18-6-4-11/h3-9,17H,10H2,1-2H3. The third-order valence-electron chi connectivity index (χ3n) is 3.21. The molecule has 0 bridgehead atoms. The Bertz CT molecular complexity index is 756. The molecule has 0 saturated carbocycles. The zero-order valence-electron chi connectivity index (χ0n) is 12.4. The van der Waals surface area contributed by atoms with E-state index in [0.29, 0.717) is 18.3 Å². The molecule has 0 fully saturated rings. The van der Waals surface area contributed by atoms with Crippen molar-refractivity contribution in [3.63, 3.8) is 0 Å². The number of hydrogen-bond donors (Lipinski definition) is 1. The maximum atomic E-state index is 5.38. The molecule has 0 atom stereocenters. The van der Waals surface area contributed by atoms with Gasteiger partial charge in [-0.15, -0.1) is 0 Å². The Morgan fingerprint density at radius 1 is 1.09 bits per heavy atom. The first kappa shape index (κ1) is 14.2. The molecule has 3 aromatic rings. The minimum atomic E-state index is 0.536. The fourth-order valence-corrected chi connectivity index (χ4v) is 2.15. The quantitative estimate of drug-likeness (QED) is 0.780. The number of nitrogens with one attached hydrogen (secondary N) is 1. The fraction of sp³-hybridized carbons (Fsp3) is 0.188. The molecule has 2 aromatic heterocycles. The van der Waals surface area contributed by atoms with E-state index < -0.39 is 0 Å². The summed E-state index contributed by atoms with van der Waals surface area (Å²) < 4.78 is 10.6. The molecular weight excluding hydrogens is 280 g/mol. The molecule has 3 rings (SSSR count). The van der Waals surface area contributed by atoms with E-state index in [-0.39, 0.29) is 0 Å². The Morgan fingerprint density at radius 2 is 1.86 bits per heavy atom. The number of methoxy groups -OCH3 is 1. The Balaban J connectivity index is 2.03. The van der Waals surface area contributed by atoms with Gasteiger partial charge in [0.1, 0.15) is 5.75 Å². The van der Waals surface area contributed by atoms with E-state index in [1.165, 1.54) is 0 Å². The van der Waals surface area contributed by atoms with Crippen LogP contribution in [-0.4, -0.2) is 29.3 Å². The summed E-state index contributed by atoms with van der Waals surface area (Å²) in [6.45, 7) is 0.536. The molecule has 0 unspecified atom stereocenters. The lowest BCUT2D eigenvalue weighted by molar-refractivity contribution is 0.372. The zero-order chi connectivity index (χ0) is 15.4. The van der Waals surface area contributed by atoms with Crippen LogP contribution in [0.1, 0.15) is 5.89 Å². The van der Waals surface area contributed by atoms with Crippen LogP contribution in [0.15, 0.2) is 47.2 Å². The lowest BCUT2D eigenvalue weighted by atomic mass is 10.0. The molecular formula is C16H16N4O2. The second-order valence-electron chi connectivity index (χ2n) is 4.73. The first-order chi connectivity index (χ1) is 10.8. The first-order valence-electron chi connectivity index (χ1n) is 6.87. The molecule has 6 heteroatoms. The van der Waals surface area contributed by atoms with Gasteiger partial charge >= 0.3 is 0 Å². The normalized spacial score (nSPS) is 10.6. The SMILES string of the molecule is CNCc1nc(-c2cc(OC)cc(-c3ccncc3)c2)no1. The highest BCUT2D eigenvalue weighted by Gasteiger charge is 2.11. The summed E-state index contributed by atoms with van der Waals surface area (Å²) >= 11 is 0. The highest BCUT2D eigenvalue weighted by Crippen LogP contribution is 2.30. The van der Waals surface area contributed by atoms with Crippen LogP contribution in [-0.2, 0) is 6.54 Å². The fourth-order valence-electron chi connectivity index (χ4n) is 2.15. The van der Waals surface area contributed by atoms with Gasteiger partial charge in [-0.25, -0.2) is 0 Å². The molecule has 2 heterocycles.